The number of carbonyl (C=O) groups excluding carboxylic acids is 1. The molecule has 1 amide bonds. The Morgan fingerprint density at radius 1 is 0.933 bits per heavy atom. The van der Waals surface area contributed by atoms with Crippen LogP contribution in [0.3, 0.4) is 0 Å². The predicted molar refractivity (Wildman–Crippen MR) is 118 cm³/mol. The highest BCUT2D eigenvalue weighted by molar-refractivity contribution is 5.84. The van der Waals surface area contributed by atoms with Crippen LogP contribution in [0.25, 0.3) is 0 Å². The molecule has 3 rings (SSSR count). The smallest absolute Gasteiger partial charge is 0.242 e. The number of carbonyl (C=O) groups is 1. The first-order valence-corrected chi connectivity index (χ1v) is 10.1. The maximum Gasteiger partial charge on any atom is 0.242 e. The van der Waals surface area contributed by atoms with Crippen molar-refractivity contribution in [2.24, 2.45) is 0 Å². The van der Waals surface area contributed by atoms with Gasteiger partial charge in [0.05, 0.1) is 13.2 Å². The maximum absolute atomic E-state index is 13.0. The second kappa shape index (κ2) is 11.1. The molecule has 3 aromatic carbocycles. The number of hydrogen-bond acceptors (Lipinski definition) is 3. The molecule has 0 radical (unpaired) electrons. The van der Waals surface area contributed by atoms with Crippen molar-refractivity contribution in [1.82, 2.24) is 5.32 Å². The van der Waals surface area contributed by atoms with Gasteiger partial charge < -0.3 is 15.4 Å². The van der Waals surface area contributed by atoms with Crippen LogP contribution in [0.2, 0.25) is 0 Å². The summed E-state index contributed by atoms with van der Waals surface area (Å²) in [5, 5.41) is 6.08. The summed E-state index contributed by atoms with van der Waals surface area (Å²) < 4.78 is 18.8. The topological polar surface area (TPSA) is 50.4 Å². The van der Waals surface area contributed by atoms with E-state index in [1.165, 1.54) is 17.7 Å². The monoisotopic (exact) mass is 406 g/mol. The molecule has 4 nitrogen and oxygen atoms in total. The molecule has 0 aromatic heterocycles. The lowest BCUT2D eigenvalue weighted by Crippen LogP contribution is -2.37. The highest BCUT2D eigenvalue weighted by Gasteiger charge is 2.12. The number of benzene rings is 3. The molecule has 3 aromatic rings. The summed E-state index contributed by atoms with van der Waals surface area (Å²) in [5.74, 6) is -0.409. The molecule has 0 bridgehead atoms. The van der Waals surface area contributed by atoms with Crippen LogP contribution in [0.5, 0.6) is 0 Å². The van der Waals surface area contributed by atoms with Crippen LogP contribution < -0.4 is 10.6 Å². The summed E-state index contributed by atoms with van der Waals surface area (Å²) in [6, 6.07) is 23.8. The van der Waals surface area contributed by atoms with Gasteiger partial charge in [0.25, 0.3) is 0 Å². The zero-order valence-electron chi connectivity index (χ0n) is 17.1. The Kier molecular flexibility index (Phi) is 7.98. The van der Waals surface area contributed by atoms with Gasteiger partial charge in [-0.15, -0.1) is 0 Å². The van der Waals surface area contributed by atoms with Crippen LogP contribution in [0.1, 0.15) is 23.6 Å². The van der Waals surface area contributed by atoms with E-state index in [0.717, 1.165) is 23.2 Å². The highest BCUT2D eigenvalue weighted by Crippen LogP contribution is 2.13. The first kappa shape index (κ1) is 21.5. The summed E-state index contributed by atoms with van der Waals surface area (Å²) in [7, 11) is 0. The average Bonchev–Trinajstić information content (AvgIpc) is 2.77. The Morgan fingerprint density at radius 2 is 1.67 bits per heavy atom. The van der Waals surface area contributed by atoms with E-state index in [1.807, 2.05) is 49.4 Å². The number of nitrogens with one attached hydrogen (secondary N) is 2. The number of halogens is 1. The van der Waals surface area contributed by atoms with Crippen LogP contribution in [-0.4, -0.2) is 18.6 Å². The molecule has 0 saturated heterocycles. The Hall–Kier alpha value is -3.18. The third-order valence-electron chi connectivity index (χ3n) is 4.73. The fraction of sp³-hybridized carbons (Fsp3) is 0.240. The minimum atomic E-state index is -0.403. The normalized spacial score (nSPS) is 11.7. The fourth-order valence-corrected chi connectivity index (χ4v) is 3.04. The Labute approximate surface area is 177 Å². The van der Waals surface area contributed by atoms with Crippen LogP contribution in [0.4, 0.5) is 10.1 Å². The van der Waals surface area contributed by atoms with Gasteiger partial charge in [0.2, 0.25) is 5.91 Å². The predicted octanol–water partition coefficient (Wildman–Crippen LogP) is 4.70. The van der Waals surface area contributed by atoms with Gasteiger partial charge in [0.15, 0.2) is 0 Å². The number of ether oxygens (including phenoxy) is 1. The summed E-state index contributed by atoms with van der Waals surface area (Å²) in [6.07, 6.45) is 0.879. The lowest BCUT2D eigenvalue weighted by Gasteiger charge is -2.16. The lowest BCUT2D eigenvalue weighted by molar-refractivity contribution is -0.121. The zero-order chi connectivity index (χ0) is 21.2. The fourth-order valence-electron chi connectivity index (χ4n) is 3.04. The minimum absolute atomic E-state index is 0.121. The van der Waals surface area contributed by atoms with E-state index >= 15 is 0 Å². The van der Waals surface area contributed by atoms with Crippen molar-refractivity contribution in [1.29, 1.82) is 0 Å². The van der Waals surface area contributed by atoms with Crippen LogP contribution >= 0.6 is 0 Å². The molecule has 1 atom stereocenters. The van der Waals surface area contributed by atoms with Crippen LogP contribution in [-0.2, 0) is 29.1 Å². The van der Waals surface area contributed by atoms with Gasteiger partial charge in [0, 0.05) is 12.2 Å². The summed E-state index contributed by atoms with van der Waals surface area (Å²) >= 11 is 0. The second-order valence-corrected chi connectivity index (χ2v) is 7.20. The third kappa shape index (κ3) is 7.01. The molecule has 0 aliphatic rings. The molecule has 0 spiro atoms. The molecular formula is C25H27FN2O2. The standard InChI is InChI=1S/C25H27FN2O2/c1-19(25(29)27-17-21-10-12-23(26)13-11-21)28-24-9-5-8-22(16-24)18-30-15-14-20-6-3-2-4-7-20/h2-13,16,19,28H,14-15,17-18H2,1H3,(H,27,29). The van der Waals surface area contributed by atoms with E-state index in [1.54, 1.807) is 12.1 Å². The summed E-state index contributed by atoms with van der Waals surface area (Å²) in [5.41, 5.74) is 4.02. The zero-order valence-corrected chi connectivity index (χ0v) is 17.1. The molecular weight excluding hydrogens is 379 g/mol. The molecule has 156 valence electrons. The number of hydrogen-bond donors (Lipinski definition) is 2. The van der Waals surface area contributed by atoms with Crippen LogP contribution in [0.15, 0.2) is 78.9 Å². The van der Waals surface area contributed by atoms with Crippen molar-refractivity contribution < 1.29 is 13.9 Å². The third-order valence-corrected chi connectivity index (χ3v) is 4.73. The molecule has 0 heterocycles. The lowest BCUT2D eigenvalue weighted by atomic mass is 10.1. The van der Waals surface area contributed by atoms with E-state index in [9.17, 15) is 9.18 Å². The van der Waals surface area contributed by atoms with E-state index in [-0.39, 0.29) is 11.7 Å². The van der Waals surface area contributed by atoms with Crippen molar-refractivity contribution in [3.8, 4) is 0 Å². The van der Waals surface area contributed by atoms with Crippen molar-refractivity contribution >= 4 is 11.6 Å². The van der Waals surface area contributed by atoms with E-state index in [2.05, 4.69) is 22.8 Å². The highest BCUT2D eigenvalue weighted by atomic mass is 19.1. The van der Waals surface area contributed by atoms with Gasteiger partial charge in [-0.25, -0.2) is 4.39 Å². The van der Waals surface area contributed by atoms with E-state index in [0.29, 0.717) is 19.8 Å². The SMILES string of the molecule is CC(Nc1cccc(COCCc2ccccc2)c1)C(=O)NCc1ccc(F)cc1. The average molecular weight is 407 g/mol. The minimum Gasteiger partial charge on any atom is -0.376 e. The largest absolute Gasteiger partial charge is 0.376 e. The molecule has 0 aliphatic carbocycles. The van der Waals surface area contributed by atoms with Gasteiger partial charge in [-0.05, 0) is 54.3 Å². The Bertz CT molecular complexity index is 929. The number of amides is 1. The molecule has 1 unspecified atom stereocenters. The Morgan fingerprint density at radius 3 is 2.43 bits per heavy atom. The van der Waals surface area contributed by atoms with Crippen molar-refractivity contribution in [2.45, 2.75) is 32.5 Å². The van der Waals surface area contributed by atoms with Crippen molar-refractivity contribution in [3.63, 3.8) is 0 Å². The van der Waals surface area contributed by atoms with Crippen molar-refractivity contribution in [2.75, 3.05) is 11.9 Å². The molecule has 30 heavy (non-hydrogen) atoms. The van der Waals surface area contributed by atoms with Gasteiger partial charge in [-0.3, -0.25) is 4.79 Å². The van der Waals surface area contributed by atoms with Gasteiger partial charge in [0.1, 0.15) is 11.9 Å². The molecule has 0 fully saturated rings. The summed E-state index contributed by atoms with van der Waals surface area (Å²) in [4.78, 5) is 12.3. The van der Waals surface area contributed by atoms with Gasteiger partial charge in [-0.1, -0.05) is 54.6 Å². The molecule has 0 aliphatic heterocycles. The first-order chi connectivity index (χ1) is 14.6. The summed E-state index contributed by atoms with van der Waals surface area (Å²) in [6.45, 7) is 3.35. The maximum atomic E-state index is 13.0. The number of rotatable bonds is 10. The quantitative estimate of drug-likeness (QED) is 0.480. The van der Waals surface area contributed by atoms with Gasteiger partial charge >= 0.3 is 0 Å². The second-order valence-electron chi connectivity index (χ2n) is 7.20. The molecule has 0 saturated carbocycles. The number of anilines is 1. The van der Waals surface area contributed by atoms with Crippen LogP contribution in [0, 0.1) is 5.82 Å². The van der Waals surface area contributed by atoms with Gasteiger partial charge in [-0.2, -0.15) is 0 Å². The Balaban J connectivity index is 1.43. The molecule has 5 heteroatoms. The van der Waals surface area contributed by atoms with E-state index < -0.39 is 6.04 Å². The van der Waals surface area contributed by atoms with Crippen molar-refractivity contribution in [3.05, 3.63) is 101 Å². The first-order valence-electron chi connectivity index (χ1n) is 10.1. The van der Waals surface area contributed by atoms with E-state index in [4.69, 9.17) is 4.74 Å². The molecule has 2 N–H and O–H groups in total.